The number of anilines is 1. The van der Waals surface area contributed by atoms with Crippen LogP contribution in [0.2, 0.25) is 0 Å². The zero-order valence-electron chi connectivity index (χ0n) is 49.7. The predicted molar refractivity (Wildman–Crippen MR) is 310 cm³/mol. The van der Waals surface area contributed by atoms with Crippen molar-refractivity contribution in [1.29, 1.82) is 0 Å². The summed E-state index contributed by atoms with van der Waals surface area (Å²) in [6.45, 7) is 16.0. The highest BCUT2D eigenvalue weighted by atomic mass is 32.2. The molecule has 19 nitrogen and oxygen atoms in total. The summed E-state index contributed by atoms with van der Waals surface area (Å²) in [5.41, 5.74) is 2.18. The number of likely N-dealkylation sites (tertiary alicyclic amines) is 2. The largest absolute Gasteiger partial charge is 0.445 e. The van der Waals surface area contributed by atoms with Gasteiger partial charge in [0.15, 0.2) is 0 Å². The lowest BCUT2D eigenvalue weighted by Gasteiger charge is -2.41. The number of ether oxygens (including phenoxy) is 3. The number of nitrogens with zero attached hydrogens (tertiary/aromatic N) is 4. The van der Waals surface area contributed by atoms with Crippen molar-refractivity contribution < 1.29 is 57.7 Å². The third-order valence-electron chi connectivity index (χ3n) is 16.0. The number of hydrogen-bond donors (Lipinski definition) is 4. The van der Waals surface area contributed by atoms with Crippen molar-refractivity contribution >= 4 is 64.8 Å². The van der Waals surface area contributed by atoms with Crippen molar-refractivity contribution in [1.82, 2.24) is 30.2 Å². The fourth-order valence-corrected chi connectivity index (χ4v) is 11.6. The highest BCUT2D eigenvalue weighted by Crippen LogP contribution is 2.31. The monoisotopic (exact) mass is 1140 g/mol. The molecule has 80 heavy (non-hydrogen) atoms. The minimum Gasteiger partial charge on any atom is -0.445 e. The van der Waals surface area contributed by atoms with E-state index < -0.39 is 66.4 Å². The van der Waals surface area contributed by atoms with E-state index in [4.69, 9.17) is 14.2 Å². The summed E-state index contributed by atoms with van der Waals surface area (Å²) in [5.74, 6) is -3.05. The molecule has 4 rings (SSSR count). The fraction of sp³-hybridized carbons (Fsp3) is 0.667. The Morgan fingerprint density at radius 3 is 2.09 bits per heavy atom. The number of hydrogen-bond acceptors (Lipinski definition) is 14. The van der Waals surface area contributed by atoms with Crippen LogP contribution in [-0.4, -0.2) is 174 Å². The van der Waals surface area contributed by atoms with Crippen LogP contribution in [0, 0.1) is 23.7 Å². The lowest BCUT2D eigenvalue weighted by molar-refractivity contribution is -0.148. The number of Topliss-reactive ketones (excluding diaryl/α,β-unsaturated/α-hetero) is 1. The summed E-state index contributed by atoms with van der Waals surface area (Å²) < 4.78 is 17.7. The summed E-state index contributed by atoms with van der Waals surface area (Å²) in [4.78, 5) is 113. The molecule has 20 heteroatoms. The number of unbranched alkanes of at least 4 members (excludes halogenated alkanes) is 2. The highest BCUT2D eigenvalue weighted by Gasteiger charge is 2.44. The quantitative estimate of drug-likeness (QED) is 0.0417. The van der Waals surface area contributed by atoms with Gasteiger partial charge in [-0.25, -0.2) is 4.79 Å². The Hall–Kier alpha value is -5.57. The van der Waals surface area contributed by atoms with Gasteiger partial charge in [0.2, 0.25) is 35.4 Å². The summed E-state index contributed by atoms with van der Waals surface area (Å²) in [5, 5.41) is 19.8. The average molecular weight is 1140 g/mol. The van der Waals surface area contributed by atoms with Crippen LogP contribution >= 0.6 is 11.8 Å². The third-order valence-corrected chi connectivity index (χ3v) is 16.9. The molecular formula is C60H93N7O12S. The van der Waals surface area contributed by atoms with E-state index in [1.54, 1.807) is 55.0 Å². The molecule has 0 spiro atoms. The van der Waals surface area contributed by atoms with E-state index in [0.29, 0.717) is 75.7 Å². The van der Waals surface area contributed by atoms with Gasteiger partial charge in [-0.05, 0) is 79.9 Å². The number of carbonyl (C=O) groups is 8. The maximum absolute atomic E-state index is 14.7. The number of ketones is 1. The third kappa shape index (κ3) is 18.5. The Bertz CT molecular complexity index is 2340. The smallest absolute Gasteiger partial charge is 0.410 e. The van der Waals surface area contributed by atoms with Crippen LogP contribution < -0.4 is 16.0 Å². The van der Waals surface area contributed by atoms with Gasteiger partial charge < -0.3 is 45.1 Å². The average Bonchev–Trinajstić information content (AvgIpc) is 4.03. The van der Waals surface area contributed by atoms with Crippen molar-refractivity contribution in [3.63, 3.8) is 0 Å². The minimum absolute atomic E-state index is 0.0554. The summed E-state index contributed by atoms with van der Waals surface area (Å²) in [6, 6.07) is 12.8. The van der Waals surface area contributed by atoms with Gasteiger partial charge >= 0.3 is 6.09 Å². The number of carbonyl (C=O) groups excluding carboxylic acids is 8. The van der Waals surface area contributed by atoms with E-state index in [1.807, 2.05) is 78.1 Å². The number of nitrogens with one attached hydrogen (secondary N) is 3. The van der Waals surface area contributed by atoms with Gasteiger partial charge in [-0.3, -0.25) is 43.4 Å². The molecule has 0 aliphatic carbocycles. The first-order chi connectivity index (χ1) is 38.0. The Labute approximate surface area is 479 Å². The number of thioether (sulfide) groups is 1. The molecular weight excluding hydrogens is 1040 g/mol. The number of benzene rings is 2. The number of aliphatic hydroxyl groups excluding tert-OH is 1. The van der Waals surface area contributed by atoms with Crippen LogP contribution in [-0.2, 0) is 54.4 Å². The number of likely N-dealkylation sites (N-methyl/N-ethyl adjacent to an activating group) is 2. The molecule has 0 aromatic heterocycles. The maximum atomic E-state index is 14.7. The van der Waals surface area contributed by atoms with Gasteiger partial charge in [0.25, 0.3) is 0 Å². The standard InChI is InChI=1S/C60H93N7O12S/c1-14-39(6)53(47(77-11)34-49(69)66-33-21-25-46(66)55(78-12)40(7)56(72)62-41(8)54(71)43-22-17-15-18-23-43)64(9)59(75)51(37(2)3)63-57(73)52(38(4)5)65(10)60(76)79-36-42-26-28-44(29-27-42)61-31-30-45(68)24-19-16-20-32-67-50(70)35-48(80-13)58(67)74/h15,17-18,22-23,26-29,37-41,46-48,51-55,61,71H,14,16,19-21,24-25,30-36H2,1-13H3,(H,62,72)(H,63,73)/t39-,40+,41+,46-,47+,48?,51-,52-,53-,54+,55?/m0/s1. The van der Waals surface area contributed by atoms with Crippen LogP contribution in [0.5, 0.6) is 0 Å². The predicted octanol–water partition coefficient (Wildman–Crippen LogP) is 7.00. The molecule has 0 bridgehead atoms. The molecule has 11 atom stereocenters. The van der Waals surface area contributed by atoms with Crippen LogP contribution in [0.25, 0.3) is 0 Å². The summed E-state index contributed by atoms with van der Waals surface area (Å²) in [7, 11) is 6.21. The summed E-state index contributed by atoms with van der Waals surface area (Å²) in [6.07, 6.45) is 3.90. The van der Waals surface area contributed by atoms with Gasteiger partial charge in [0.05, 0.1) is 54.0 Å². The molecule has 2 unspecified atom stereocenters. The molecule has 7 amide bonds. The number of rotatable bonds is 33. The van der Waals surface area contributed by atoms with E-state index in [1.165, 1.54) is 42.8 Å². The molecule has 2 fully saturated rings. The van der Waals surface area contributed by atoms with Crippen molar-refractivity contribution in [3.8, 4) is 0 Å². The zero-order chi connectivity index (χ0) is 59.4. The van der Waals surface area contributed by atoms with E-state index >= 15 is 0 Å². The molecule has 2 heterocycles. The Morgan fingerprint density at radius 1 is 0.825 bits per heavy atom. The number of aliphatic hydroxyl groups is 1. The van der Waals surface area contributed by atoms with Gasteiger partial charge in [-0.2, -0.15) is 11.8 Å². The maximum Gasteiger partial charge on any atom is 0.410 e. The van der Waals surface area contributed by atoms with Crippen molar-refractivity contribution in [2.45, 2.75) is 180 Å². The Morgan fingerprint density at radius 2 is 1.50 bits per heavy atom. The van der Waals surface area contributed by atoms with E-state index in [9.17, 15) is 43.5 Å². The molecule has 2 aromatic rings. The molecule has 4 N–H and O–H groups in total. The van der Waals surface area contributed by atoms with Crippen LogP contribution in [0.4, 0.5) is 10.5 Å². The van der Waals surface area contributed by atoms with Gasteiger partial charge in [-0.1, -0.05) is 104 Å². The van der Waals surface area contributed by atoms with Crippen molar-refractivity contribution in [2.24, 2.45) is 23.7 Å². The fourth-order valence-electron chi connectivity index (χ4n) is 11.0. The second-order valence-corrected chi connectivity index (χ2v) is 23.4. The second-order valence-electron chi connectivity index (χ2n) is 22.4. The molecule has 446 valence electrons. The first-order valence-electron chi connectivity index (χ1n) is 28.6. The summed E-state index contributed by atoms with van der Waals surface area (Å²) >= 11 is 1.40. The minimum atomic E-state index is -0.997. The van der Waals surface area contributed by atoms with E-state index in [0.717, 1.165) is 12.1 Å². The van der Waals surface area contributed by atoms with Gasteiger partial charge in [0, 0.05) is 72.9 Å². The van der Waals surface area contributed by atoms with Crippen LogP contribution in [0.3, 0.4) is 0 Å². The molecule has 2 aliphatic heterocycles. The zero-order valence-corrected chi connectivity index (χ0v) is 50.6. The van der Waals surface area contributed by atoms with E-state index in [-0.39, 0.29) is 77.8 Å². The topological polar surface area (TPSA) is 234 Å². The molecule has 2 saturated heterocycles. The van der Waals surface area contributed by atoms with Crippen LogP contribution in [0.1, 0.15) is 137 Å². The van der Waals surface area contributed by atoms with Gasteiger partial charge in [0.1, 0.15) is 24.5 Å². The molecule has 0 radical (unpaired) electrons. The SMILES string of the molecule is CC[C@H](C)[C@@H]([C@@H](CC(=O)N1CCC[C@H]1C(OC)[C@@H](C)C(=O)N[C@H](C)[C@@H](O)c1ccccc1)OC)N(C)C(=O)[C@@H](NC(=O)[C@H](C(C)C)N(C)C(=O)OCc1ccc(NCCC(=O)CCCCCN2C(=O)CC(SC)C2=O)cc1)C(C)C. The highest BCUT2D eigenvalue weighted by molar-refractivity contribution is 8.00. The second kappa shape index (κ2) is 32.8. The lowest BCUT2D eigenvalue weighted by atomic mass is 9.89. The molecule has 0 saturated carbocycles. The Kier molecular flexibility index (Phi) is 27.4. The van der Waals surface area contributed by atoms with Crippen LogP contribution in [0.15, 0.2) is 54.6 Å². The molecule has 2 aromatic carbocycles. The van der Waals surface area contributed by atoms with Gasteiger partial charge in [-0.15, -0.1) is 0 Å². The lowest BCUT2D eigenvalue weighted by Crippen LogP contribution is -2.60. The number of imide groups is 1. The first-order valence-corrected chi connectivity index (χ1v) is 29.9. The van der Waals surface area contributed by atoms with Crippen molar-refractivity contribution in [2.75, 3.05) is 59.5 Å². The van der Waals surface area contributed by atoms with Crippen molar-refractivity contribution in [3.05, 3.63) is 65.7 Å². The Balaban J connectivity index is 1.30. The van der Waals surface area contributed by atoms with E-state index in [2.05, 4.69) is 16.0 Å². The normalized spacial score (nSPS) is 18.9. The number of methoxy groups -OCH3 is 2. The number of amides is 7. The molecule has 2 aliphatic rings. The first kappa shape index (κ1) is 66.9.